The van der Waals surface area contributed by atoms with Gasteiger partial charge >= 0.3 is 0 Å². The number of aromatic hydroxyl groups is 1. The molecule has 0 unspecified atom stereocenters. The Morgan fingerprint density at radius 3 is 2.67 bits per heavy atom. The molecule has 0 atom stereocenters. The van der Waals surface area contributed by atoms with Gasteiger partial charge in [-0.05, 0) is 25.0 Å². The van der Waals surface area contributed by atoms with Gasteiger partial charge in [-0.1, -0.05) is 0 Å². The van der Waals surface area contributed by atoms with Gasteiger partial charge in [-0.3, -0.25) is 4.79 Å². The molecule has 0 radical (unpaired) electrons. The highest BCUT2D eigenvalue weighted by Gasteiger charge is 2.25. The van der Waals surface area contributed by atoms with Gasteiger partial charge in [0.1, 0.15) is 11.6 Å². The van der Waals surface area contributed by atoms with Crippen LogP contribution in [0.4, 0.5) is 4.39 Å². The van der Waals surface area contributed by atoms with Crippen molar-refractivity contribution in [2.75, 3.05) is 13.1 Å². The van der Waals surface area contributed by atoms with Gasteiger partial charge in [-0.25, -0.2) is 4.39 Å². The third kappa shape index (κ3) is 2.43. The van der Waals surface area contributed by atoms with E-state index < -0.39 is 5.82 Å². The summed E-state index contributed by atoms with van der Waals surface area (Å²) in [5.74, 6) is -1.32. The smallest absolute Gasteiger partial charge is 0.256 e. The van der Waals surface area contributed by atoms with Gasteiger partial charge in [0.25, 0.3) is 5.91 Å². The molecule has 1 fully saturated rings. The second kappa shape index (κ2) is 5.05. The minimum atomic E-state index is -0.720. The van der Waals surface area contributed by atoms with E-state index in [-0.39, 0.29) is 23.1 Å². The number of hydrogen-bond donors (Lipinski definition) is 1. The van der Waals surface area contributed by atoms with E-state index >= 15 is 0 Å². The quantitative estimate of drug-likeness (QED) is 0.825. The lowest BCUT2D eigenvalue weighted by molar-refractivity contribution is 0.0702. The summed E-state index contributed by atoms with van der Waals surface area (Å²) in [6, 6.07) is 5.67. The fourth-order valence-corrected chi connectivity index (χ4v) is 2.06. The number of benzene rings is 1. The van der Waals surface area contributed by atoms with Gasteiger partial charge in [0.2, 0.25) is 0 Å². The van der Waals surface area contributed by atoms with Crippen LogP contribution in [0, 0.1) is 23.1 Å². The van der Waals surface area contributed by atoms with Gasteiger partial charge in [-0.2, -0.15) is 5.26 Å². The Kier molecular flexibility index (Phi) is 3.47. The van der Waals surface area contributed by atoms with Gasteiger partial charge in [0.05, 0.1) is 11.6 Å². The second-order valence-corrected chi connectivity index (χ2v) is 4.36. The molecule has 1 saturated heterocycles. The molecule has 1 aliphatic rings. The lowest BCUT2D eigenvalue weighted by atomic mass is 9.98. The van der Waals surface area contributed by atoms with E-state index in [1.165, 1.54) is 12.1 Å². The zero-order valence-electron chi connectivity index (χ0n) is 9.77. The SMILES string of the molecule is N#CC1CCN(C(=O)c2ccc(O)cc2F)CC1. The summed E-state index contributed by atoms with van der Waals surface area (Å²) in [5, 5.41) is 17.9. The third-order valence-corrected chi connectivity index (χ3v) is 3.15. The Morgan fingerprint density at radius 1 is 1.44 bits per heavy atom. The molecule has 0 aromatic heterocycles. The number of carbonyl (C=O) groups excluding carboxylic acids is 1. The van der Waals surface area contributed by atoms with Crippen LogP contribution in [0.2, 0.25) is 0 Å². The molecule has 4 nitrogen and oxygen atoms in total. The second-order valence-electron chi connectivity index (χ2n) is 4.36. The van der Waals surface area contributed by atoms with Gasteiger partial charge in [0.15, 0.2) is 0 Å². The van der Waals surface area contributed by atoms with Crippen molar-refractivity contribution in [1.29, 1.82) is 5.26 Å². The first-order chi connectivity index (χ1) is 8.61. The van der Waals surface area contributed by atoms with Crippen molar-refractivity contribution in [3.05, 3.63) is 29.6 Å². The van der Waals surface area contributed by atoms with Gasteiger partial charge in [-0.15, -0.1) is 0 Å². The lowest BCUT2D eigenvalue weighted by Gasteiger charge is -2.29. The van der Waals surface area contributed by atoms with Crippen LogP contribution in [0.25, 0.3) is 0 Å². The maximum atomic E-state index is 13.5. The van der Waals surface area contributed by atoms with Crippen molar-refractivity contribution < 1.29 is 14.3 Å². The van der Waals surface area contributed by atoms with E-state index in [1.807, 2.05) is 0 Å². The van der Waals surface area contributed by atoms with Crippen LogP contribution in [-0.4, -0.2) is 29.0 Å². The third-order valence-electron chi connectivity index (χ3n) is 3.15. The van der Waals surface area contributed by atoms with E-state index in [2.05, 4.69) is 6.07 Å². The number of carbonyl (C=O) groups is 1. The highest BCUT2D eigenvalue weighted by atomic mass is 19.1. The summed E-state index contributed by atoms with van der Waals surface area (Å²) in [6.07, 6.45) is 1.25. The van der Waals surface area contributed by atoms with Crippen molar-refractivity contribution in [1.82, 2.24) is 4.90 Å². The molecule has 0 bridgehead atoms. The van der Waals surface area contributed by atoms with Crippen molar-refractivity contribution >= 4 is 5.91 Å². The zero-order valence-corrected chi connectivity index (χ0v) is 9.77. The Labute approximate surface area is 104 Å². The summed E-state index contributed by atoms with van der Waals surface area (Å²) in [7, 11) is 0. The van der Waals surface area contributed by atoms with Crippen LogP contribution in [0.3, 0.4) is 0 Å². The van der Waals surface area contributed by atoms with E-state index in [4.69, 9.17) is 10.4 Å². The highest BCUT2D eigenvalue weighted by Crippen LogP contribution is 2.21. The highest BCUT2D eigenvalue weighted by molar-refractivity contribution is 5.94. The average molecular weight is 248 g/mol. The summed E-state index contributed by atoms with van der Waals surface area (Å²) < 4.78 is 13.5. The van der Waals surface area contributed by atoms with Gasteiger partial charge < -0.3 is 10.0 Å². The monoisotopic (exact) mass is 248 g/mol. The number of likely N-dealkylation sites (tertiary alicyclic amines) is 1. The topological polar surface area (TPSA) is 64.3 Å². The van der Waals surface area contributed by atoms with E-state index in [0.717, 1.165) is 6.07 Å². The van der Waals surface area contributed by atoms with Crippen LogP contribution in [0.1, 0.15) is 23.2 Å². The molecule has 0 spiro atoms. The Morgan fingerprint density at radius 2 is 2.11 bits per heavy atom. The van der Waals surface area contributed by atoms with E-state index in [9.17, 15) is 9.18 Å². The summed E-state index contributed by atoms with van der Waals surface area (Å²) in [5.41, 5.74) is -0.0387. The Bertz CT molecular complexity index is 502. The maximum absolute atomic E-state index is 13.5. The van der Waals surface area contributed by atoms with Crippen molar-refractivity contribution in [2.24, 2.45) is 5.92 Å². The first kappa shape index (κ1) is 12.4. The Hall–Kier alpha value is -2.09. The van der Waals surface area contributed by atoms with Crippen LogP contribution in [0.5, 0.6) is 5.75 Å². The van der Waals surface area contributed by atoms with Crippen molar-refractivity contribution in [2.45, 2.75) is 12.8 Å². The number of nitrogens with zero attached hydrogens (tertiary/aromatic N) is 2. The number of halogens is 1. The molecule has 18 heavy (non-hydrogen) atoms. The first-order valence-corrected chi connectivity index (χ1v) is 5.79. The molecule has 2 rings (SSSR count). The minimum Gasteiger partial charge on any atom is -0.508 e. The average Bonchev–Trinajstić information content (AvgIpc) is 2.38. The van der Waals surface area contributed by atoms with E-state index in [1.54, 1.807) is 4.90 Å². The van der Waals surface area contributed by atoms with Crippen LogP contribution >= 0.6 is 0 Å². The minimum absolute atomic E-state index is 0.0151. The van der Waals surface area contributed by atoms with E-state index in [0.29, 0.717) is 25.9 Å². The fraction of sp³-hybridized carbons (Fsp3) is 0.385. The molecule has 1 N–H and O–H groups in total. The predicted octanol–water partition coefficient (Wildman–Crippen LogP) is 1.91. The molecular formula is C13H13FN2O2. The molecule has 1 aromatic carbocycles. The standard InChI is InChI=1S/C13H13FN2O2/c14-12-7-10(17)1-2-11(12)13(18)16-5-3-9(8-15)4-6-16/h1-2,7,9,17H,3-6H2. The number of hydrogen-bond acceptors (Lipinski definition) is 3. The number of phenols is 1. The molecule has 0 aliphatic carbocycles. The van der Waals surface area contributed by atoms with Crippen LogP contribution in [-0.2, 0) is 0 Å². The largest absolute Gasteiger partial charge is 0.508 e. The summed E-state index contributed by atoms with van der Waals surface area (Å²) in [6.45, 7) is 0.939. The maximum Gasteiger partial charge on any atom is 0.256 e. The first-order valence-electron chi connectivity index (χ1n) is 5.79. The lowest BCUT2D eigenvalue weighted by Crippen LogP contribution is -2.38. The fourth-order valence-electron chi connectivity index (χ4n) is 2.06. The van der Waals surface area contributed by atoms with Crippen LogP contribution < -0.4 is 0 Å². The molecule has 94 valence electrons. The number of amides is 1. The molecule has 0 saturated carbocycles. The number of piperidine rings is 1. The summed E-state index contributed by atoms with van der Waals surface area (Å²) in [4.78, 5) is 13.6. The molecule has 1 heterocycles. The molecule has 1 aliphatic heterocycles. The van der Waals surface area contributed by atoms with Crippen molar-refractivity contribution in [3.8, 4) is 11.8 Å². The predicted molar refractivity (Wildman–Crippen MR) is 62.3 cm³/mol. The Balaban J connectivity index is 2.11. The molecule has 5 heteroatoms. The normalized spacial score (nSPS) is 16.3. The molecule has 1 amide bonds. The zero-order chi connectivity index (χ0) is 13.1. The number of phenolic OH excluding ortho intramolecular Hbond substituents is 1. The van der Waals surface area contributed by atoms with Gasteiger partial charge in [0, 0.05) is 25.1 Å². The number of rotatable bonds is 1. The molecular weight excluding hydrogens is 235 g/mol. The van der Waals surface area contributed by atoms with Crippen molar-refractivity contribution in [3.63, 3.8) is 0 Å². The number of nitriles is 1. The molecule has 1 aromatic rings. The van der Waals surface area contributed by atoms with Crippen LogP contribution in [0.15, 0.2) is 18.2 Å². The summed E-state index contributed by atoms with van der Waals surface area (Å²) >= 11 is 0.